The summed E-state index contributed by atoms with van der Waals surface area (Å²) in [6, 6.07) is 16.8. The predicted octanol–water partition coefficient (Wildman–Crippen LogP) is 5.08. The van der Waals surface area contributed by atoms with Crippen LogP contribution in [-0.2, 0) is 16.4 Å². The molecule has 9 heteroatoms. The van der Waals surface area contributed by atoms with Gasteiger partial charge in [-0.1, -0.05) is 47.5 Å². The highest BCUT2D eigenvalue weighted by atomic mass is 35.5. The first-order valence-corrected chi connectivity index (χ1v) is 11.9. The molecule has 0 aromatic heterocycles. The van der Waals surface area contributed by atoms with Gasteiger partial charge < -0.3 is 10.1 Å². The third-order valence-corrected chi connectivity index (χ3v) is 6.84. The van der Waals surface area contributed by atoms with Crippen LogP contribution in [0.5, 0.6) is 5.75 Å². The Morgan fingerprint density at radius 3 is 2.38 bits per heavy atom. The van der Waals surface area contributed by atoms with Gasteiger partial charge in [-0.3, -0.25) is 9.52 Å². The summed E-state index contributed by atoms with van der Waals surface area (Å²) < 4.78 is 33.4. The van der Waals surface area contributed by atoms with Gasteiger partial charge in [-0.25, -0.2) is 8.42 Å². The zero-order chi connectivity index (χ0) is 23.3. The van der Waals surface area contributed by atoms with Gasteiger partial charge in [0.1, 0.15) is 10.6 Å². The van der Waals surface area contributed by atoms with Gasteiger partial charge in [-0.2, -0.15) is 0 Å². The largest absolute Gasteiger partial charge is 0.497 e. The molecular formula is C23H22Cl2N2O4S. The highest BCUT2D eigenvalue weighted by Crippen LogP contribution is 2.30. The molecule has 0 aliphatic carbocycles. The van der Waals surface area contributed by atoms with Crippen molar-refractivity contribution in [1.29, 1.82) is 0 Å². The van der Waals surface area contributed by atoms with Gasteiger partial charge in [0, 0.05) is 12.2 Å². The second-order valence-electron chi connectivity index (χ2n) is 7.09. The molecule has 2 N–H and O–H groups in total. The smallest absolute Gasteiger partial charge is 0.263 e. The van der Waals surface area contributed by atoms with E-state index in [-0.39, 0.29) is 20.5 Å². The fourth-order valence-corrected chi connectivity index (χ4v) is 4.95. The Morgan fingerprint density at radius 1 is 1.00 bits per heavy atom. The molecule has 3 aromatic rings. The molecule has 0 aliphatic heterocycles. The Kier molecular flexibility index (Phi) is 7.66. The van der Waals surface area contributed by atoms with Crippen molar-refractivity contribution in [3.63, 3.8) is 0 Å². The highest BCUT2D eigenvalue weighted by Gasteiger charge is 2.23. The molecule has 32 heavy (non-hydrogen) atoms. The van der Waals surface area contributed by atoms with E-state index < -0.39 is 15.9 Å². The number of anilines is 1. The van der Waals surface area contributed by atoms with Crippen molar-refractivity contribution in [2.75, 3.05) is 18.4 Å². The zero-order valence-electron chi connectivity index (χ0n) is 17.5. The van der Waals surface area contributed by atoms with Crippen LogP contribution in [-0.4, -0.2) is 28.0 Å². The first-order valence-electron chi connectivity index (χ1n) is 9.69. The molecule has 6 nitrogen and oxygen atoms in total. The number of hydrogen-bond donors (Lipinski definition) is 2. The maximum atomic E-state index is 12.9. The fourth-order valence-electron chi connectivity index (χ4n) is 3.04. The van der Waals surface area contributed by atoms with Gasteiger partial charge in [-0.15, -0.1) is 0 Å². The normalized spacial score (nSPS) is 11.1. The Morgan fingerprint density at radius 2 is 1.72 bits per heavy atom. The summed E-state index contributed by atoms with van der Waals surface area (Å²) in [5.74, 6) is 0.255. The number of rotatable bonds is 8. The van der Waals surface area contributed by atoms with Crippen LogP contribution >= 0.6 is 23.2 Å². The van der Waals surface area contributed by atoms with Crippen molar-refractivity contribution in [2.45, 2.75) is 18.2 Å². The first-order chi connectivity index (χ1) is 15.2. The van der Waals surface area contributed by atoms with E-state index in [4.69, 9.17) is 27.9 Å². The van der Waals surface area contributed by atoms with Gasteiger partial charge in [0.05, 0.1) is 22.7 Å². The van der Waals surface area contributed by atoms with Gasteiger partial charge >= 0.3 is 0 Å². The Bertz CT molecular complexity index is 1230. The average molecular weight is 493 g/mol. The van der Waals surface area contributed by atoms with Gasteiger partial charge in [0.2, 0.25) is 0 Å². The Hall–Kier alpha value is -2.74. The lowest BCUT2D eigenvalue weighted by Crippen LogP contribution is -2.26. The van der Waals surface area contributed by atoms with E-state index in [1.165, 1.54) is 12.1 Å². The topological polar surface area (TPSA) is 84.5 Å². The number of methoxy groups -OCH3 is 1. The van der Waals surface area contributed by atoms with Crippen molar-refractivity contribution in [3.05, 3.63) is 87.4 Å². The van der Waals surface area contributed by atoms with Crippen molar-refractivity contribution in [1.82, 2.24) is 5.32 Å². The third kappa shape index (κ3) is 5.94. The Labute approximate surface area is 197 Å². The highest BCUT2D eigenvalue weighted by molar-refractivity contribution is 7.92. The monoisotopic (exact) mass is 492 g/mol. The minimum absolute atomic E-state index is 0.0235. The number of carbonyl (C=O) groups excluding carboxylic acids is 1. The second-order valence-corrected chi connectivity index (χ2v) is 9.56. The fraction of sp³-hybridized carbons (Fsp3) is 0.174. The van der Waals surface area contributed by atoms with Crippen LogP contribution in [0, 0.1) is 6.92 Å². The van der Waals surface area contributed by atoms with Crippen LogP contribution < -0.4 is 14.8 Å². The standard InChI is InChI=1S/C23H22Cl2N2O4S/c1-15-4-3-5-17(12-15)27-32(29,30)22-13-19(20(24)14-21(22)25)23(28)26-11-10-16-6-8-18(31-2)9-7-16/h3-9,12-14,27H,10-11H2,1-2H3,(H,26,28). The van der Waals surface area contributed by atoms with Crippen LogP contribution in [0.25, 0.3) is 0 Å². The van der Waals surface area contributed by atoms with Gasteiger partial charge in [-0.05, 0) is 60.9 Å². The molecular weight excluding hydrogens is 471 g/mol. The van der Waals surface area contributed by atoms with E-state index in [1.807, 2.05) is 37.3 Å². The third-order valence-electron chi connectivity index (χ3n) is 4.68. The number of carbonyl (C=O) groups is 1. The summed E-state index contributed by atoms with van der Waals surface area (Å²) in [7, 11) is -2.44. The quantitative estimate of drug-likeness (QED) is 0.458. The van der Waals surface area contributed by atoms with Crippen LogP contribution in [0.1, 0.15) is 21.5 Å². The number of aryl methyl sites for hydroxylation is 1. The summed E-state index contributed by atoms with van der Waals surface area (Å²) in [6.45, 7) is 2.19. The van der Waals surface area contributed by atoms with Crippen molar-refractivity contribution in [2.24, 2.45) is 0 Å². The van der Waals surface area contributed by atoms with E-state index in [0.29, 0.717) is 18.7 Å². The summed E-state index contributed by atoms with van der Waals surface area (Å²) >= 11 is 12.3. The summed E-state index contributed by atoms with van der Waals surface area (Å²) in [4.78, 5) is 12.4. The van der Waals surface area contributed by atoms with E-state index in [9.17, 15) is 13.2 Å². The SMILES string of the molecule is COc1ccc(CCNC(=O)c2cc(S(=O)(=O)Nc3cccc(C)c3)c(Cl)cc2Cl)cc1. The number of amides is 1. The van der Waals surface area contributed by atoms with E-state index in [2.05, 4.69) is 10.0 Å². The van der Waals surface area contributed by atoms with Crippen molar-refractivity contribution in [3.8, 4) is 5.75 Å². The van der Waals surface area contributed by atoms with Gasteiger partial charge in [0.25, 0.3) is 15.9 Å². The van der Waals surface area contributed by atoms with Crippen molar-refractivity contribution < 1.29 is 17.9 Å². The molecule has 0 unspecified atom stereocenters. The zero-order valence-corrected chi connectivity index (χ0v) is 19.8. The Balaban J connectivity index is 1.75. The molecule has 0 spiro atoms. The number of sulfonamides is 1. The summed E-state index contributed by atoms with van der Waals surface area (Å²) in [5, 5.41) is 2.74. The number of benzene rings is 3. The van der Waals surface area contributed by atoms with Gasteiger partial charge in [0.15, 0.2) is 0 Å². The molecule has 0 saturated heterocycles. The molecule has 0 bridgehead atoms. The van der Waals surface area contributed by atoms with E-state index >= 15 is 0 Å². The summed E-state index contributed by atoms with van der Waals surface area (Å²) in [6.07, 6.45) is 0.584. The molecule has 0 radical (unpaired) electrons. The number of halogens is 2. The molecule has 3 rings (SSSR count). The molecule has 0 heterocycles. The summed E-state index contributed by atoms with van der Waals surface area (Å²) in [5.41, 5.74) is 2.32. The van der Waals surface area contributed by atoms with Crippen LogP contribution in [0.3, 0.4) is 0 Å². The van der Waals surface area contributed by atoms with Crippen LogP contribution in [0.2, 0.25) is 10.0 Å². The molecule has 1 amide bonds. The molecule has 0 fully saturated rings. The maximum Gasteiger partial charge on any atom is 0.263 e. The molecule has 0 saturated carbocycles. The molecule has 3 aromatic carbocycles. The van der Waals surface area contributed by atoms with Crippen LogP contribution in [0.15, 0.2) is 65.6 Å². The minimum atomic E-state index is -4.04. The number of hydrogen-bond acceptors (Lipinski definition) is 4. The predicted molar refractivity (Wildman–Crippen MR) is 127 cm³/mol. The van der Waals surface area contributed by atoms with E-state index in [1.54, 1.807) is 25.3 Å². The lowest BCUT2D eigenvalue weighted by Gasteiger charge is -2.13. The lowest BCUT2D eigenvalue weighted by molar-refractivity contribution is 0.0954. The number of nitrogens with one attached hydrogen (secondary N) is 2. The van der Waals surface area contributed by atoms with E-state index in [0.717, 1.165) is 16.9 Å². The average Bonchev–Trinajstić information content (AvgIpc) is 2.73. The van der Waals surface area contributed by atoms with Crippen molar-refractivity contribution >= 4 is 44.8 Å². The molecule has 0 atom stereocenters. The first kappa shape index (κ1) is 23.9. The number of ether oxygens (including phenoxy) is 1. The second kappa shape index (κ2) is 10.3. The lowest BCUT2D eigenvalue weighted by atomic mass is 10.1. The molecule has 168 valence electrons. The minimum Gasteiger partial charge on any atom is -0.497 e. The maximum absolute atomic E-state index is 12.9. The van der Waals surface area contributed by atoms with Crippen LogP contribution in [0.4, 0.5) is 5.69 Å². The molecule has 0 aliphatic rings.